The zero-order valence-electron chi connectivity index (χ0n) is 8.99. The lowest BCUT2D eigenvalue weighted by atomic mass is 9.86. The van der Waals surface area contributed by atoms with Gasteiger partial charge < -0.3 is 4.74 Å². The second kappa shape index (κ2) is 5.00. The smallest absolute Gasteiger partial charge is 0.315 e. The van der Waals surface area contributed by atoms with Crippen molar-refractivity contribution in [2.75, 3.05) is 6.61 Å². The fourth-order valence-corrected chi connectivity index (χ4v) is 2.10. The molecule has 0 radical (unpaired) electrons. The van der Waals surface area contributed by atoms with Crippen molar-refractivity contribution < 1.29 is 14.1 Å². The number of hydrogen-bond acceptors (Lipinski definition) is 3. The predicted octanol–water partition coefficient (Wildman–Crippen LogP) is 3.68. The van der Waals surface area contributed by atoms with Gasteiger partial charge in [0.15, 0.2) is 5.82 Å². The number of rotatable bonds is 4. The maximum atomic E-state index is 13.6. The van der Waals surface area contributed by atoms with Gasteiger partial charge in [-0.15, -0.1) is 0 Å². The second-order valence-electron chi connectivity index (χ2n) is 4.10. The van der Waals surface area contributed by atoms with Gasteiger partial charge in [0, 0.05) is 10.5 Å². The fourth-order valence-electron chi connectivity index (χ4n) is 1.69. The van der Waals surface area contributed by atoms with E-state index in [0.717, 1.165) is 19.3 Å². The minimum atomic E-state index is -0.703. The van der Waals surface area contributed by atoms with Gasteiger partial charge in [-0.3, -0.25) is 10.1 Å². The van der Waals surface area contributed by atoms with E-state index in [1.165, 1.54) is 12.1 Å². The minimum absolute atomic E-state index is 0.259. The molecule has 1 aromatic carbocycles. The van der Waals surface area contributed by atoms with Crippen LogP contribution in [0.1, 0.15) is 19.3 Å². The van der Waals surface area contributed by atoms with E-state index in [9.17, 15) is 14.5 Å². The molecule has 0 spiro atoms. The summed E-state index contributed by atoms with van der Waals surface area (Å²) in [4.78, 5) is 10.2. The molecule has 1 aromatic rings. The van der Waals surface area contributed by atoms with Crippen molar-refractivity contribution in [3.63, 3.8) is 0 Å². The molecule has 17 heavy (non-hydrogen) atoms. The van der Waals surface area contributed by atoms with Crippen molar-refractivity contribution in [1.29, 1.82) is 0 Å². The van der Waals surface area contributed by atoms with Crippen LogP contribution in [0.25, 0.3) is 0 Å². The van der Waals surface area contributed by atoms with Gasteiger partial charge in [0.05, 0.1) is 11.5 Å². The summed E-state index contributed by atoms with van der Waals surface area (Å²) in [6, 6.07) is 2.42. The van der Waals surface area contributed by atoms with E-state index in [-0.39, 0.29) is 11.4 Å². The van der Waals surface area contributed by atoms with E-state index in [1.54, 1.807) is 0 Å². The topological polar surface area (TPSA) is 52.4 Å². The molecule has 1 saturated carbocycles. The summed E-state index contributed by atoms with van der Waals surface area (Å²) in [5.41, 5.74) is -0.337. The van der Waals surface area contributed by atoms with E-state index in [0.29, 0.717) is 17.0 Å². The number of nitrogens with zero attached hydrogens (tertiary/aromatic N) is 1. The van der Waals surface area contributed by atoms with Gasteiger partial charge in [0.1, 0.15) is 0 Å². The van der Waals surface area contributed by atoms with Gasteiger partial charge in [-0.1, -0.05) is 22.4 Å². The van der Waals surface area contributed by atoms with Crippen LogP contribution in [0.2, 0.25) is 0 Å². The molecule has 0 aliphatic heterocycles. The third kappa shape index (κ3) is 2.74. The lowest BCUT2D eigenvalue weighted by Gasteiger charge is -2.25. The Balaban J connectivity index is 2.20. The molecule has 92 valence electrons. The predicted molar refractivity (Wildman–Crippen MR) is 63.6 cm³/mol. The molecular weight excluding hydrogens is 293 g/mol. The summed E-state index contributed by atoms with van der Waals surface area (Å²) < 4.78 is 19.2. The van der Waals surface area contributed by atoms with Crippen molar-refractivity contribution in [1.82, 2.24) is 0 Å². The maximum Gasteiger partial charge on any atom is 0.315 e. The Kier molecular flexibility index (Phi) is 3.61. The van der Waals surface area contributed by atoms with Gasteiger partial charge in [0.25, 0.3) is 0 Å². The van der Waals surface area contributed by atoms with Crippen LogP contribution in [-0.2, 0) is 0 Å². The highest BCUT2D eigenvalue weighted by Gasteiger charge is 2.24. The molecule has 0 atom stereocenters. The molecular formula is C11H11BrFNO3. The Morgan fingerprint density at radius 1 is 1.53 bits per heavy atom. The van der Waals surface area contributed by atoms with Crippen LogP contribution in [0.15, 0.2) is 16.6 Å². The van der Waals surface area contributed by atoms with Gasteiger partial charge >= 0.3 is 5.69 Å². The van der Waals surface area contributed by atoms with Crippen molar-refractivity contribution in [3.05, 3.63) is 32.5 Å². The first-order valence-electron chi connectivity index (χ1n) is 5.34. The van der Waals surface area contributed by atoms with Crippen LogP contribution in [0.4, 0.5) is 10.1 Å². The summed E-state index contributed by atoms with van der Waals surface area (Å²) in [7, 11) is 0. The highest BCUT2D eigenvalue weighted by atomic mass is 79.9. The molecule has 0 amide bonds. The summed E-state index contributed by atoms with van der Waals surface area (Å²) in [5, 5.41) is 10.8. The summed E-state index contributed by atoms with van der Waals surface area (Å²) in [6.45, 7) is 0.347. The fraction of sp³-hybridized carbons (Fsp3) is 0.455. The standard InChI is InChI=1S/C11H11BrFNO3/c12-8-4-9(13)11(10(5-8)14(15)16)17-6-7-2-1-3-7/h4-5,7H,1-3,6H2. The molecule has 0 bridgehead atoms. The quantitative estimate of drug-likeness (QED) is 0.630. The molecule has 0 saturated heterocycles. The number of hydrogen-bond donors (Lipinski definition) is 0. The molecule has 2 rings (SSSR count). The molecule has 0 N–H and O–H groups in total. The third-order valence-corrected chi connectivity index (χ3v) is 3.33. The van der Waals surface area contributed by atoms with E-state index >= 15 is 0 Å². The van der Waals surface area contributed by atoms with Gasteiger partial charge in [-0.25, -0.2) is 4.39 Å². The average molecular weight is 304 g/mol. The highest BCUT2D eigenvalue weighted by molar-refractivity contribution is 9.10. The molecule has 4 nitrogen and oxygen atoms in total. The molecule has 1 aliphatic carbocycles. The first-order valence-corrected chi connectivity index (χ1v) is 6.13. The molecule has 6 heteroatoms. The largest absolute Gasteiger partial charge is 0.484 e. The normalized spacial score (nSPS) is 15.4. The number of ether oxygens (including phenoxy) is 1. The number of benzene rings is 1. The third-order valence-electron chi connectivity index (χ3n) is 2.87. The van der Waals surface area contributed by atoms with Crippen molar-refractivity contribution >= 4 is 21.6 Å². The maximum absolute atomic E-state index is 13.6. The molecule has 1 aliphatic rings. The van der Waals surface area contributed by atoms with Crippen molar-refractivity contribution in [3.8, 4) is 5.75 Å². The summed E-state index contributed by atoms with van der Waals surface area (Å²) >= 11 is 3.02. The molecule has 1 fully saturated rings. The first kappa shape index (κ1) is 12.3. The SMILES string of the molecule is O=[N+]([O-])c1cc(Br)cc(F)c1OCC1CCC1. The summed E-state index contributed by atoms with van der Waals surface area (Å²) in [5.74, 6) is -0.562. The Hall–Kier alpha value is -1.17. The zero-order valence-corrected chi connectivity index (χ0v) is 10.6. The minimum Gasteiger partial charge on any atom is -0.484 e. The number of nitro groups is 1. The van der Waals surface area contributed by atoms with E-state index < -0.39 is 10.7 Å². The van der Waals surface area contributed by atoms with Gasteiger partial charge in [0.2, 0.25) is 5.75 Å². The first-order chi connectivity index (χ1) is 8.08. The van der Waals surface area contributed by atoms with Crippen molar-refractivity contribution in [2.24, 2.45) is 5.92 Å². The molecule has 0 aromatic heterocycles. The Morgan fingerprint density at radius 2 is 2.24 bits per heavy atom. The Bertz CT molecular complexity index is 449. The van der Waals surface area contributed by atoms with Crippen LogP contribution < -0.4 is 4.74 Å². The van der Waals surface area contributed by atoms with E-state index in [2.05, 4.69) is 15.9 Å². The van der Waals surface area contributed by atoms with Gasteiger partial charge in [-0.2, -0.15) is 0 Å². The monoisotopic (exact) mass is 303 g/mol. The number of halogens is 2. The van der Waals surface area contributed by atoms with Crippen LogP contribution in [0.5, 0.6) is 5.75 Å². The average Bonchev–Trinajstić information content (AvgIpc) is 2.17. The zero-order chi connectivity index (χ0) is 12.4. The van der Waals surface area contributed by atoms with Crippen LogP contribution in [0, 0.1) is 21.8 Å². The summed E-state index contributed by atoms with van der Waals surface area (Å²) in [6.07, 6.45) is 3.25. The van der Waals surface area contributed by atoms with Crippen LogP contribution >= 0.6 is 15.9 Å². The van der Waals surface area contributed by atoms with Crippen molar-refractivity contribution in [2.45, 2.75) is 19.3 Å². The van der Waals surface area contributed by atoms with E-state index in [1.807, 2.05) is 0 Å². The lowest BCUT2D eigenvalue weighted by molar-refractivity contribution is -0.386. The van der Waals surface area contributed by atoms with Crippen LogP contribution in [-0.4, -0.2) is 11.5 Å². The highest BCUT2D eigenvalue weighted by Crippen LogP contribution is 2.35. The lowest BCUT2D eigenvalue weighted by Crippen LogP contribution is -2.20. The number of nitro benzene ring substituents is 1. The van der Waals surface area contributed by atoms with E-state index in [4.69, 9.17) is 4.74 Å². The molecule has 0 heterocycles. The van der Waals surface area contributed by atoms with Crippen LogP contribution in [0.3, 0.4) is 0 Å². The molecule has 0 unspecified atom stereocenters. The Labute approximate surface area is 106 Å². The second-order valence-corrected chi connectivity index (χ2v) is 5.02. The van der Waals surface area contributed by atoms with Gasteiger partial charge in [-0.05, 0) is 24.8 Å². The Morgan fingerprint density at radius 3 is 2.76 bits per heavy atom.